The Morgan fingerprint density at radius 2 is 2.04 bits per heavy atom. The minimum atomic E-state index is -0.275. The summed E-state index contributed by atoms with van der Waals surface area (Å²) in [6.07, 6.45) is 0.312. The van der Waals surface area contributed by atoms with Crippen molar-refractivity contribution in [3.63, 3.8) is 0 Å². The monoisotopic (exact) mass is 392 g/mol. The molecular formula is C17H24N6O3S. The van der Waals surface area contributed by atoms with Crippen LogP contribution in [0.5, 0.6) is 11.5 Å². The number of hydrogen-bond acceptors (Lipinski definition) is 8. The van der Waals surface area contributed by atoms with E-state index in [1.807, 2.05) is 18.2 Å². The summed E-state index contributed by atoms with van der Waals surface area (Å²) in [5.74, 6) is 2.26. The molecule has 2 heterocycles. The lowest BCUT2D eigenvalue weighted by atomic mass is 10.1. The predicted molar refractivity (Wildman–Crippen MR) is 107 cm³/mol. The maximum atomic E-state index is 6.13. The molecule has 0 bridgehead atoms. The summed E-state index contributed by atoms with van der Waals surface area (Å²) in [6, 6.07) is 5.76. The molecule has 2 aromatic rings. The number of hydrogen-bond donors (Lipinski definition) is 2. The van der Waals surface area contributed by atoms with Crippen LogP contribution in [0.4, 0.5) is 11.9 Å². The summed E-state index contributed by atoms with van der Waals surface area (Å²) in [7, 11) is 3.22. The summed E-state index contributed by atoms with van der Waals surface area (Å²) in [5.41, 5.74) is 8.61. The van der Waals surface area contributed by atoms with Gasteiger partial charge in [-0.15, -0.1) is 5.10 Å². The fraction of sp³-hybridized carbons (Fsp3) is 0.471. The highest BCUT2D eigenvalue weighted by atomic mass is 32.1. The van der Waals surface area contributed by atoms with Gasteiger partial charge in [0, 0.05) is 19.5 Å². The Kier molecular flexibility index (Phi) is 6.30. The highest BCUT2D eigenvalue weighted by Gasteiger charge is 2.21. The minimum Gasteiger partial charge on any atom is -0.493 e. The van der Waals surface area contributed by atoms with Gasteiger partial charge < -0.3 is 30.2 Å². The van der Waals surface area contributed by atoms with Crippen LogP contribution in [0.15, 0.2) is 18.2 Å². The van der Waals surface area contributed by atoms with E-state index in [4.69, 9.17) is 32.2 Å². The highest BCUT2D eigenvalue weighted by Crippen LogP contribution is 2.29. The van der Waals surface area contributed by atoms with Crippen LogP contribution in [0.3, 0.4) is 0 Å². The van der Waals surface area contributed by atoms with Gasteiger partial charge in [0.15, 0.2) is 11.5 Å². The zero-order chi connectivity index (χ0) is 19.2. The normalized spacial score (nSPS) is 15.3. The number of benzene rings is 1. The number of anilines is 2. The van der Waals surface area contributed by atoms with Crippen LogP contribution < -0.4 is 25.4 Å². The molecule has 1 aromatic heterocycles. The molecule has 10 heteroatoms. The summed E-state index contributed by atoms with van der Waals surface area (Å²) in [5, 5.41) is 7.72. The molecule has 27 heavy (non-hydrogen) atoms. The van der Waals surface area contributed by atoms with Crippen molar-refractivity contribution in [2.24, 2.45) is 0 Å². The molecule has 0 spiro atoms. The van der Waals surface area contributed by atoms with Gasteiger partial charge in [-0.2, -0.15) is 4.98 Å². The average Bonchev–Trinajstić information content (AvgIpc) is 3.10. The second-order valence-corrected chi connectivity index (χ2v) is 6.24. The molecule has 1 saturated heterocycles. The minimum absolute atomic E-state index is 0.275. The molecule has 0 amide bonds. The first-order valence-electron chi connectivity index (χ1n) is 8.61. The quantitative estimate of drug-likeness (QED) is 0.637. The summed E-state index contributed by atoms with van der Waals surface area (Å²) in [4.78, 5) is 6.46. The Morgan fingerprint density at radius 3 is 2.70 bits per heavy atom. The molecule has 1 unspecified atom stereocenters. The number of nitrogen functional groups attached to an aromatic ring is 1. The molecule has 3 rings (SSSR count). The van der Waals surface area contributed by atoms with E-state index in [9.17, 15) is 0 Å². The van der Waals surface area contributed by atoms with Gasteiger partial charge >= 0.3 is 0 Å². The van der Waals surface area contributed by atoms with E-state index in [0.29, 0.717) is 43.0 Å². The molecule has 1 fully saturated rings. The van der Waals surface area contributed by atoms with Crippen molar-refractivity contribution in [1.29, 1.82) is 0 Å². The molecule has 0 saturated carbocycles. The molecule has 3 N–H and O–H groups in total. The molecule has 0 radical (unpaired) electrons. The van der Waals surface area contributed by atoms with Gasteiger partial charge in [0.25, 0.3) is 0 Å². The number of ether oxygens (including phenoxy) is 3. The molecule has 1 atom stereocenters. The smallest absolute Gasteiger partial charge is 0.246 e. The van der Waals surface area contributed by atoms with Crippen LogP contribution in [0, 0.1) is 0 Å². The van der Waals surface area contributed by atoms with Crippen LogP contribution in [-0.4, -0.2) is 60.8 Å². The first kappa shape index (κ1) is 19.2. The first-order chi connectivity index (χ1) is 13.2. The average molecular weight is 392 g/mol. The van der Waals surface area contributed by atoms with Crippen molar-refractivity contribution in [2.75, 3.05) is 51.2 Å². The van der Waals surface area contributed by atoms with E-state index < -0.39 is 0 Å². The number of methoxy groups -OCH3 is 2. The van der Waals surface area contributed by atoms with Crippen LogP contribution in [0.2, 0.25) is 0 Å². The number of morpholine rings is 1. The second kappa shape index (κ2) is 8.87. The summed E-state index contributed by atoms with van der Waals surface area (Å²) >= 11 is 5.00. The van der Waals surface area contributed by atoms with Gasteiger partial charge in [-0.1, -0.05) is 18.3 Å². The van der Waals surface area contributed by atoms with Gasteiger partial charge in [-0.3, -0.25) is 0 Å². The Balaban J connectivity index is 1.83. The van der Waals surface area contributed by atoms with Gasteiger partial charge in [0.1, 0.15) is 6.17 Å². The van der Waals surface area contributed by atoms with Gasteiger partial charge in [0.2, 0.25) is 11.9 Å². The van der Waals surface area contributed by atoms with Gasteiger partial charge in [0.05, 0.1) is 32.9 Å². The van der Waals surface area contributed by atoms with Crippen molar-refractivity contribution in [2.45, 2.75) is 12.6 Å². The van der Waals surface area contributed by atoms with Gasteiger partial charge in [-0.25, -0.2) is 4.68 Å². The molecular weight excluding hydrogens is 368 g/mol. The summed E-state index contributed by atoms with van der Waals surface area (Å²) in [6.45, 7) is 2.79. The van der Waals surface area contributed by atoms with Crippen molar-refractivity contribution in [1.82, 2.24) is 20.1 Å². The van der Waals surface area contributed by atoms with Crippen molar-refractivity contribution < 1.29 is 14.2 Å². The molecule has 1 aliphatic heterocycles. The lowest BCUT2D eigenvalue weighted by molar-refractivity contribution is 0.122. The number of thiocarbonyl (C=S) groups is 1. The number of nitrogens with one attached hydrogen (secondary N) is 1. The third-order valence-corrected chi connectivity index (χ3v) is 4.51. The van der Waals surface area contributed by atoms with Crippen LogP contribution >= 0.6 is 12.2 Å². The fourth-order valence-electron chi connectivity index (χ4n) is 2.98. The SMILES string of the molecule is COc1ccc(CC(NC=S)n2nc(N3CCOCC3)nc2N)cc1OC. The third kappa shape index (κ3) is 4.40. The molecule has 1 aliphatic rings. The number of aromatic nitrogens is 3. The van der Waals surface area contributed by atoms with E-state index in [0.717, 1.165) is 18.7 Å². The zero-order valence-electron chi connectivity index (χ0n) is 15.4. The Bertz CT molecular complexity index is 778. The van der Waals surface area contributed by atoms with E-state index in [1.165, 1.54) is 5.49 Å². The van der Waals surface area contributed by atoms with Crippen molar-refractivity contribution >= 4 is 29.6 Å². The maximum Gasteiger partial charge on any atom is 0.246 e. The van der Waals surface area contributed by atoms with Crippen molar-refractivity contribution in [3.05, 3.63) is 23.8 Å². The number of nitrogens with two attached hydrogens (primary N) is 1. The van der Waals surface area contributed by atoms with E-state index in [-0.39, 0.29) is 6.17 Å². The largest absolute Gasteiger partial charge is 0.493 e. The van der Waals surface area contributed by atoms with E-state index in [1.54, 1.807) is 18.9 Å². The Hall–Kier alpha value is -2.59. The van der Waals surface area contributed by atoms with Crippen LogP contribution in [0.25, 0.3) is 0 Å². The first-order valence-corrected chi connectivity index (χ1v) is 9.08. The van der Waals surface area contributed by atoms with Crippen LogP contribution in [-0.2, 0) is 11.2 Å². The topological polar surface area (TPSA) is 99.7 Å². The third-order valence-electron chi connectivity index (χ3n) is 4.37. The molecule has 146 valence electrons. The molecule has 1 aromatic carbocycles. The Morgan fingerprint density at radius 1 is 1.30 bits per heavy atom. The summed E-state index contributed by atoms with van der Waals surface area (Å²) < 4.78 is 17.7. The van der Waals surface area contributed by atoms with Gasteiger partial charge in [-0.05, 0) is 17.7 Å². The lowest BCUT2D eigenvalue weighted by Crippen LogP contribution is -2.37. The highest BCUT2D eigenvalue weighted by molar-refractivity contribution is 7.78. The van der Waals surface area contributed by atoms with E-state index >= 15 is 0 Å². The van der Waals surface area contributed by atoms with E-state index in [2.05, 4.69) is 20.3 Å². The van der Waals surface area contributed by atoms with Crippen LogP contribution in [0.1, 0.15) is 11.7 Å². The number of nitrogens with zero attached hydrogens (tertiary/aromatic N) is 4. The predicted octanol–water partition coefficient (Wildman–Crippen LogP) is 1.00. The zero-order valence-corrected chi connectivity index (χ0v) is 16.2. The second-order valence-electron chi connectivity index (χ2n) is 6.01. The lowest BCUT2D eigenvalue weighted by Gasteiger charge is -2.25. The van der Waals surface area contributed by atoms with Crippen molar-refractivity contribution in [3.8, 4) is 11.5 Å². The Labute approximate surface area is 163 Å². The maximum absolute atomic E-state index is 6.13. The standard InChI is InChI=1S/C17H24N6O3S/c1-24-13-4-3-12(9-14(13)25-2)10-15(19-11-27)23-16(18)20-17(21-23)22-5-7-26-8-6-22/h3-4,9,11,15H,5-8,10H2,1-2H3,(H,19,27)(H2,18,20,21). The molecule has 0 aliphatic carbocycles. The number of rotatable bonds is 8. The fourth-order valence-corrected chi connectivity index (χ4v) is 3.13. The molecule has 9 nitrogen and oxygen atoms in total.